The highest BCUT2D eigenvalue weighted by Crippen LogP contribution is 2.26. The number of thiazole rings is 1. The maximum atomic E-state index is 13.6. The normalized spacial score (nSPS) is 10.2. The molecule has 0 bridgehead atoms. The Morgan fingerprint density at radius 3 is 2.42 bits per heavy atom. The third-order valence-corrected chi connectivity index (χ3v) is 3.98. The minimum Gasteiger partial charge on any atom is -0.298 e. The van der Waals surface area contributed by atoms with E-state index >= 15 is 0 Å². The molecule has 2 aromatic carbocycles. The van der Waals surface area contributed by atoms with Crippen LogP contribution in [0.15, 0.2) is 47.8 Å². The molecule has 0 radical (unpaired) electrons. The predicted molar refractivity (Wildman–Crippen MR) is 86.6 cm³/mol. The van der Waals surface area contributed by atoms with Crippen molar-refractivity contribution in [3.05, 3.63) is 70.6 Å². The highest BCUT2D eigenvalue weighted by atomic mass is 32.1. The zero-order chi connectivity index (χ0) is 17.1. The number of halogens is 2. The summed E-state index contributed by atoms with van der Waals surface area (Å²) in [5.41, 5.74) is 1.24. The molecule has 3 rings (SSSR count). The molecule has 7 heteroatoms. The van der Waals surface area contributed by atoms with Gasteiger partial charge in [0.15, 0.2) is 5.13 Å². The average molecular weight is 341 g/mol. The summed E-state index contributed by atoms with van der Waals surface area (Å²) in [5.74, 6) is -2.76. The number of amides is 1. The van der Waals surface area contributed by atoms with E-state index in [1.54, 1.807) is 29.6 Å². The lowest BCUT2D eigenvalue weighted by molar-refractivity contribution is 0.101. The number of carbonyl (C=O) groups excluding carboxylic acids is 1. The molecule has 1 aromatic heterocycles. The Morgan fingerprint density at radius 1 is 1.12 bits per heavy atom. The summed E-state index contributed by atoms with van der Waals surface area (Å²) in [6.07, 6.45) is 0. The van der Waals surface area contributed by atoms with Crippen molar-refractivity contribution >= 4 is 22.4 Å². The van der Waals surface area contributed by atoms with Crippen LogP contribution in [-0.2, 0) is 0 Å². The van der Waals surface area contributed by atoms with E-state index in [2.05, 4.69) is 10.3 Å². The van der Waals surface area contributed by atoms with Gasteiger partial charge < -0.3 is 0 Å². The number of nitrogens with one attached hydrogen (secondary N) is 1. The lowest BCUT2D eigenvalue weighted by atomic mass is 10.1. The topological polar surface area (TPSA) is 65.8 Å². The smallest absolute Gasteiger partial charge is 0.263 e. The molecular formula is C17H9F2N3OS. The first-order valence-electron chi connectivity index (χ1n) is 6.80. The summed E-state index contributed by atoms with van der Waals surface area (Å²) in [4.78, 5) is 16.2. The van der Waals surface area contributed by atoms with Gasteiger partial charge in [0.05, 0.1) is 17.3 Å². The van der Waals surface area contributed by atoms with Gasteiger partial charge in [-0.25, -0.2) is 13.8 Å². The SMILES string of the molecule is N#Cc1ccc(-c2csc(NC(=O)c3c(F)cccc3F)n2)cc1. The summed E-state index contributed by atoms with van der Waals surface area (Å²) in [6.45, 7) is 0. The monoisotopic (exact) mass is 341 g/mol. The van der Waals surface area contributed by atoms with Crippen LogP contribution < -0.4 is 5.32 Å². The quantitative estimate of drug-likeness (QED) is 0.776. The van der Waals surface area contributed by atoms with Crippen molar-refractivity contribution in [3.8, 4) is 17.3 Å². The van der Waals surface area contributed by atoms with Gasteiger partial charge in [0.2, 0.25) is 0 Å². The van der Waals surface area contributed by atoms with Crippen LogP contribution in [0.25, 0.3) is 11.3 Å². The Labute approximate surface area is 140 Å². The van der Waals surface area contributed by atoms with E-state index in [0.717, 1.165) is 29.0 Å². The molecule has 0 spiro atoms. The zero-order valence-corrected chi connectivity index (χ0v) is 12.9. The van der Waals surface area contributed by atoms with E-state index in [4.69, 9.17) is 5.26 Å². The number of rotatable bonds is 3. The summed E-state index contributed by atoms with van der Waals surface area (Å²) < 4.78 is 27.2. The molecule has 0 saturated heterocycles. The second-order valence-corrected chi connectivity index (χ2v) is 5.64. The Kier molecular flexibility index (Phi) is 4.31. The number of nitriles is 1. The molecule has 0 unspecified atom stereocenters. The molecule has 24 heavy (non-hydrogen) atoms. The van der Waals surface area contributed by atoms with Crippen molar-refractivity contribution in [2.45, 2.75) is 0 Å². The van der Waals surface area contributed by atoms with E-state index in [-0.39, 0.29) is 5.13 Å². The lowest BCUT2D eigenvalue weighted by Gasteiger charge is -2.04. The number of carbonyl (C=O) groups is 1. The standard InChI is InChI=1S/C17H9F2N3OS/c18-12-2-1-3-13(19)15(12)16(23)22-17-21-14(9-24-17)11-6-4-10(8-20)5-7-11/h1-7,9H,(H,21,22,23). The fraction of sp³-hybridized carbons (Fsp3) is 0. The molecule has 118 valence electrons. The van der Waals surface area contributed by atoms with Crippen molar-refractivity contribution in [2.75, 3.05) is 5.32 Å². The van der Waals surface area contributed by atoms with E-state index in [1.807, 2.05) is 6.07 Å². The number of hydrogen-bond acceptors (Lipinski definition) is 4. The molecule has 1 amide bonds. The molecule has 0 atom stereocenters. The first-order chi connectivity index (χ1) is 11.6. The average Bonchev–Trinajstić information content (AvgIpc) is 3.03. The van der Waals surface area contributed by atoms with Gasteiger partial charge in [-0.3, -0.25) is 10.1 Å². The number of aromatic nitrogens is 1. The summed E-state index contributed by atoms with van der Waals surface area (Å²) in [5, 5.41) is 13.1. The Hall–Kier alpha value is -3.11. The third-order valence-electron chi connectivity index (χ3n) is 3.22. The van der Waals surface area contributed by atoms with E-state index in [9.17, 15) is 13.6 Å². The molecule has 0 aliphatic rings. The van der Waals surface area contributed by atoms with Gasteiger partial charge in [-0.1, -0.05) is 18.2 Å². The van der Waals surface area contributed by atoms with Gasteiger partial charge in [0.25, 0.3) is 5.91 Å². The van der Waals surface area contributed by atoms with Crippen molar-refractivity contribution in [1.29, 1.82) is 5.26 Å². The van der Waals surface area contributed by atoms with Crippen molar-refractivity contribution in [2.24, 2.45) is 0 Å². The fourth-order valence-electron chi connectivity index (χ4n) is 2.05. The maximum Gasteiger partial charge on any atom is 0.263 e. The van der Waals surface area contributed by atoms with Crippen LogP contribution in [-0.4, -0.2) is 10.9 Å². The van der Waals surface area contributed by atoms with Gasteiger partial charge in [-0.05, 0) is 24.3 Å². The Bertz CT molecular complexity index is 925. The van der Waals surface area contributed by atoms with Crippen LogP contribution in [0.4, 0.5) is 13.9 Å². The van der Waals surface area contributed by atoms with Crippen LogP contribution in [0, 0.1) is 23.0 Å². The van der Waals surface area contributed by atoms with Gasteiger partial charge >= 0.3 is 0 Å². The van der Waals surface area contributed by atoms with Gasteiger partial charge in [-0.15, -0.1) is 11.3 Å². The number of hydrogen-bond donors (Lipinski definition) is 1. The Balaban J connectivity index is 1.81. The highest BCUT2D eigenvalue weighted by molar-refractivity contribution is 7.14. The Morgan fingerprint density at radius 2 is 1.79 bits per heavy atom. The molecular weight excluding hydrogens is 332 g/mol. The summed E-state index contributed by atoms with van der Waals surface area (Å²) in [6, 6.07) is 12.0. The second-order valence-electron chi connectivity index (χ2n) is 4.78. The molecule has 0 saturated carbocycles. The number of benzene rings is 2. The van der Waals surface area contributed by atoms with Crippen molar-refractivity contribution in [1.82, 2.24) is 4.98 Å². The molecule has 0 aliphatic carbocycles. The highest BCUT2D eigenvalue weighted by Gasteiger charge is 2.18. The first kappa shape index (κ1) is 15.8. The van der Waals surface area contributed by atoms with Crippen LogP contribution >= 0.6 is 11.3 Å². The molecule has 1 heterocycles. The first-order valence-corrected chi connectivity index (χ1v) is 7.68. The minimum absolute atomic E-state index is 0.224. The van der Waals surface area contributed by atoms with Gasteiger partial charge in [0.1, 0.15) is 17.2 Å². The van der Waals surface area contributed by atoms with Crippen molar-refractivity contribution < 1.29 is 13.6 Å². The van der Waals surface area contributed by atoms with Crippen molar-refractivity contribution in [3.63, 3.8) is 0 Å². The van der Waals surface area contributed by atoms with Crippen LogP contribution in [0.5, 0.6) is 0 Å². The lowest BCUT2D eigenvalue weighted by Crippen LogP contribution is -2.15. The van der Waals surface area contributed by atoms with Gasteiger partial charge in [0, 0.05) is 10.9 Å². The molecule has 1 N–H and O–H groups in total. The molecule has 0 aliphatic heterocycles. The predicted octanol–water partition coefficient (Wildman–Crippen LogP) is 4.21. The minimum atomic E-state index is -0.934. The number of nitrogens with zero attached hydrogens (tertiary/aromatic N) is 2. The van der Waals surface area contributed by atoms with E-state index in [1.165, 1.54) is 6.07 Å². The fourth-order valence-corrected chi connectivity index (χ4v) is 2.77. The van der Waals surface area contributed by atoms with Gasteiger partial charge in [-0.2, -0.15) is 5.26 Å². The molecule has 3 aromatic rings. The van der Waals surface area contributed by atoms with E-state index in [0.29, 0.717) is 11.3 Å². The summed E-state index contributed by atoms with van der Waals surface area (Å²) in [7, 11) is 0. The van der Waals surface area contributed by atoms with Crippen LogP contribution in [0.1, 0.15) is 15.9 Å². The summed E-state index contributed by atoms with van der Waals surface area (Å²) >= 11 is 1.14. The maximum absolute atomic E-state index is 13.6. The molecule has 4 nitrogen and oxygen atoms in total. The van der Waals surface area contributed by atoms with Crippen LogP contribution in [0.2, 0.25) is 0 Å². The second kappa shape index (κ2) is 6.56. The number of anilines is 1. The molecule has 0 fully saturated rings. The van der Waals surface area contributed by atoms with E-state index < -0.39 is 23.1 Å². The third kappa shape index (κ3) is 3.14. The van der Waals surface area contributed by atoms with Crippen LogP contribution in [0.3, 0.4) is 0 Å². The zero-order valence-electron chi connectivity index (χ0n) is 12.1. The largest absolute Gasteiger partial charge is 0.298 e.